The second-order valence-electron chi connectivity index (χ2n) is 7.02. The number of anilines is 2. The van der Waals surface area contributed by atoms with Crippen molar-refractivity contribution in [2.24, 2.45) is 5.73 Å². The molecule has 0 saturated carbocycles. The van der Waals surface area contributed by atoms with Gasteiger partial charge in [0, 0.05) is 44.3 Å². The zero-order valence-electron chi connectivity index (χ0n) is 15.8. The molecule has 3 aromatic rings. The Labute approximate surface area is 163 Å². The van der Waals surface area contributed by atoms with Crippen LogP contribution in [-0.2, 0) is 4.79 Å². The number of nitrogen functional groups attached to an aromatic ring is 1. The number of amides is 1. The molecule has 1 aliphatic heterocycles. The molecule has 1 aliphatic rings. The summed E-state index contributed by atoms with van der Waals surface area (Å²) in [6, 6.07) is 5.74. The maximum absolute atomic E-state index is 12.0. The number of nitrogens with two attached hydrogens (primary N) is 2. The van der Waals surface area contributed by atoms with Crippen LogP contribution in [0, 0.1) is 0 Å². The molecule has 28 heavy (non-hydrogen) atoms. The third-order valence-corrected chi connectivity index (χ3v) is 5.23. The van der Waals surface area contributed by atoms with Crippen molar-refractivity contribution in [1.29, 1.82) is 0 Å². The molecule has 4 heterocycles. The smallest absolute Gasteiger partial charge is 0.236 e. The molecule has 9 heteroatoms. The van der Waals surface area contributed by atoms with Gasteiger partial charge in [-0.15, -0.1) is 0 Å². The second kappa shape index (κ2) is 7.43. The van der Waals surface area contributed by atoms with Gasteiger partial charge in [-0.3, -0.25) is 9.20 Å². The summed E-state index contributed by atoms with van der Waals surface area (Å²) in [6.45, 7) is 1.46. The van der Waals surface area contributed by atoms with E-state index in [-0.39, 0.29) is 18.5 Å². The van der Waals surface area contributed by atoms with E-state index in [4.69, 9.17) is 16.5 Å². The number of hydrogen-bond acceptors (Lipinski definition) is 7. The van der Waals surface area contributed by atoms with Crippen LogP contribution in [0.3, 0.4) is 0 Å². The summed E-state index contributed by atoms with van der Waals surface area (Å²) in [6.07, 6.45) is 7.25. The summed E-state index contributed by atoms with van der Waals surface area (Å²) < 4.78 is 1.89. The highest BCUT2D eigenvalue weighted by molar-refractivity contribution is 5.78. The molecular weight excluding hydrogens is 356 g/mol. The summed E-state index contributed by atoms with van der Waals surface area (Å²) in [7, 11) is 2.00. The fraction of sp³-hybridized carbons (Fsp3) is 0.368. The summed E-state index contributed by atoms with van der Waals surface area (Å²) >= 11 is 0. The van der Waals surface area contributed by atoms with E-state index in [1.807, 2.05) is 40.7 Å². The fourth-order valence-corrected chi connectivity index (χ4v) is 3.65. The number of nitrogens with zero attached hydrogens (tertiary/aromatic N) is 6. The van der Waals surface area contributed by atoms with Gasteiger partial charge in [-0.05, 0) is 31.0 Å². The number of imidazole rings is 1. The van der Waals surface area contributed by atoms with Crippen molar-refractivity contribution in [2.45, 2.75) is 18.9 Å². The first-order chi connectivity index (χ1) is 13.6. The van der Waals surface area contributed by atoms with Crippen LogP contribution in [0.4, 0.5) is 11.5 Å². The Kier molecular flexibility index (Phi) is 4.82. The van der Waals surface area contributed by atoms with E-state index in [0.29, 0.717) is 18.1 Å². The van der Waals surface area contributed by atoms with Crippen LogP contribution in [0.1, 0.15) is 12.8 Å². The van der Waals surface area contributed by atoms with Gasteiger partial charge in [0.25, 0.3) is 0 Å². The molecule has 0 bridgehead atoms. The molecule has 0 aliphatic carbocycles. The summed E-state index contributed by atoms with van der Waals surface area (Å²) in [5.41, 5.74) is 13.6. The quantitative estimate of drug-likeness (QED) is 0.686. The SMILES string of the molecule is CN(c1ccnc(-c2cnc3ccc(N)cn23)n1)[C@@H]1CCCN(C(=O)CN)C1. The minimum atomic E-state index is -0.00945. The molecule has 0 unspecified atom stereocenters. The van der Waals surface area contributed by atoms with Crippen molar-refractivity contribution in [3.05, 3.63) is 36.8 Å². The van der Waals surface area contributed by atoms with E-state index >= 15 is 0 Å². The van der Waals surface area contributed by atoms with Crippen LogP contribution in [0.15, 0.2) is 36.8 Å². The predicted molar refractivity (Wildman–Crippen MR) is 108 cm³/mol. The molecule has 1 fully saturated rings. The second-order valence-corrected chi connectivity index (χ2v) is 7.02. The molecule has 0 aromatic carbocycles. The Morgan fingerprint density at radius 2 is 2.18 bits per heavy atom. The first kappa shape index (κ1) is 18.2. The molecule has 1 amide bonds. The molecule has 1 saturated heterocycles. The lowest BCUT2D eigenvalue weighted by Crippen LogP contribution is -2.50. The van der Waals surface area contributed by atoms with Crippen molar-refractivity contribution >= 4 is 23.1 Å². The number of likely N-dealkylation sites (tertiary alicyclic amines) is 1. The monoisotopic (exact) mass is 380 g/mol. The van der Waals surface area contributed by atoms with Crippen LogP contribution < -0.4 is 16.4 Å². The average Bonchev–Trinajstić information content (AvgIpc) is 3.15. The van der Waals surface area contributed by atoms with E-state index in [2.05, 4.69) is 14.9 Å². The van der Waals surface area contributed by atoms with Gasteiger partial charge < -0.3 is 21.3 Å². The number of rotatable bonds is 4. The average molecular weight is 380 g/mol. The van der Waals surface area contributed by atoms with E-state index in [0.717, 1.165) is 36.5 Å². The van der Waals surface area contributed by atoms with Crippen LogP contribution in [0.2, 0.25) is 0 Å². The highest BCUT2D eigenvalue weighted by Gasteiger charge is 2.26. The third-order valence-electron chi connectivity index (χ3n) is 5.23. The van der Waals surface area contributed by atoms with Gasteiger partial charge in [0.05, 0.1) is 12.7 Å². The molecule has 4 N–H and O–H groups in total. The largest absolute Gasteiger partial charge is 0.398 e. The van der Waals surface area contributed by atoms with Crippen molar-refractivity contribution in [3.8, 4) is 11.5 Å². The zero-order chi connectivity index (χ0) is 19.7. The van der Waals surface area contributed by atoms with Crippen molar-refractivity contribution in [3.63, 3.8) is 0 Å². The Hall–Kier alpha value is -3.20. The number of aromatic nitrogens is 4. The number of piperidine rings is 1. The minimum Gasteiger partial charge on any atom is -0.398 e. The molecule has 0 radical (unpaired) electrons. The summed E-state index contributed by atoms with van der Waals surface area (Å²) in [5, 5.41) is 0. The van der Waals surface area contributed by atoms with Crippen molar-refractivity contribution < 1.29 is 4.79 Å². The topological polar surface area (TPSA) is 119 Å². The van der Waals surface area contributed by atoms with Crippen molar-refractivity contribution in [2.75, 3.05) is 37.3 Å². The predicted octanol–water partition coefficient (Wildman–Crippen LogP) is 0.759. The third kappa shape index (κ3) is 3.36. The Bertz CT molecular complexity index is 1000. The number of carbonyl (C=O) groups is 1. The normalized spacial score (nSPS) is 17.1. The zero-order valence-corrected chi connectivity index (χ0v) is 15.8. The van der Waals surface area contributed by atoms with Crippen LogP contribution in [0.5, 0.6) is 0 Å². The van der Waals surface area contributed by atoms with E-state index in [9.17, 15) is 4.79 Å². The fourth-order valence-electron chi connectivity index (χ4n) is 3.65. The van der Waals surface area contributed by atoms with Gasteiger partial charge in [-0.2, -0.15) is 0 Å². The number of pyridine rings is 1. The molecular formula is C19H24N8O. The number of fused-ring (bicyclic) bond motifs is 1. The van der Waals surface area contributed by atoms with Gasteiger partial charge in [0.1, 0.15) is 17.2 Å². The first-order valence-corrected chi connectivity index (χ1v) is 9.33. The maximum Gasteiger partial charge on any atom is 0.236 e. The molecule has 146 valence electrons. The van der Waals surface area contributed by atoms with Gasteiger partial charge in [0.15, 0.2) is 5.82 Å². The minimum absolute atomic E-state index is 0.00945. The van der Waals surface area contributed by atoms with Crippen LogP contribution in [0.25, 0.3) is 17.2 Å². The summed E-state index contributed by atoms with van der Waals surface area (Å²) in [4.78, 5) is 29.5. The van der Waals surface area contributed by atoms with Crippen molar-refractivity contribution in [1.82, 2.24) is 24.3 Å². The standard InChI is InChI=1S/C19H24N8O/c1-25(14-3-2-8-26(12-14)18(28)9-20)17-6-7-22-19(24-17)15-10-23-16-5-4-13(21)11-27(15)16/h4-7,10-11,14H,2-3,8-9,12,20-21H2,1H3/t14-/m1/s1. The van der Waals surface area contributed by atoms with Crippen LogP contribution >= 0.6 is 0 Å². The Morgan fingerprint density at radius 1 is 1.32 bits per heavy atom. The van der Waals surface area contributed by atoms with Gasteiger partial charge >= 0.3 is 0 Å². The summed E-state index contributed by atoms with van der Waals surface area (Å²) in [5.74, 6) is 1.37. The number of hydrogen-bond donors (Lipinski definition) is 2. The molecule has 3 aromatic heterocycles. The molecule has 9 nitrogen and oxygen atoms in total. The molecule has 1 atom stereocenters. The highest BCUT2D eigenvalue weighted by Crippen LogP contribution is 2.23. The number of carbonyl (C=O) groups excluding carboxylic acids is 1. The van der Waals surface area contributed by atoms with E-state index < -0.39 is 0 Å². The molecule has 4 rings (SSSR count). The maximum atomic E-state index is 12.0. The van der Waals surface area contributed by atoms with Gasteiger partial charge in [-0.25, -0.2) is 15.0 Å². The van der Waals surface area contributed by atoms with Crippen LogP contribution in [-0.4, -0.2) is 62.9 Å². The lowest BCUT2D eigenvalue weighted by atomic mass is 10.0. The van der Waals surface area contributed by atoms with E-state index in [1.165, 1.54) is 0 Å². The lowest BCUT2D eigenvalue weighted by molar-refractivity contribution is -0.130. The lowest BCUT2D eigenvalue weighted by Gasteiger charge is -2.38. The molecule has 0 spiro atoms. The van der Waals surface area contributed by atoms with E-state index in [1.54, 1.807) is 12.4 Å². The van der Waals surface area contributed by atoms with Gasteiger partial charge in [0.2, 0.25) is 5.91 Å². The number of likely N-dealkylation sites (N-methyl/N-ethyl adjacent to an activating group) is 1. The Balaban J connectivity index is 1.61. The Morgan fingerprint density at radius 3 is 3.00 bits per heavy atom. The highest BCUT2D eigenvalue weighted by atomic mass is 16.2. The first-order valence-electron chi connectivity index (χ1n) is 9.33. The van der Waals surface area contributed by atoms with Gasteiger partial charge in [-0.1, -0.05) is 0 Å².